The smallest absolute Gasteiger partial charge is 0.241 e. The zero-order valence-corrected chi connectivity index (χ0v) is 11.1. The molecule has 98 valence electrons. The van der Waals surface area contributed by atoms with Crippen LogP contribution >= 0.6 is 0 Å². The Kier molecular flexibility index (Phi) is 2.80. The molecule has 0 aromatic heterocycles. The average Bonchev–Trinajstić information content (AvgIpc) is 2.71. The van der Waals surface area contributed by atoms with Gasteiger partial charge in [0.2, 0.25) is 10.0 Å². The quantitative estimate of drug-likeness (QED) is 0.913. The number of sulfonamides is 1. The maximum Gasteiger partial charge on any atom is 0.241 e. The van der Waals surface area contributed by atoms with Crippen molar-refractivity contribution in [1.29, 1.82) is 0 Å². The van der Waals surface area contributed by atoms with Crippen LogP contribution in [-0.4, -0.2) is 15.5 Å². The molecule has 0 saturated heterocycles. The lowest BCUT2D eigenvalue weighted by Gasteiger charge is -2.14. The van der Waals surface area contributed by atoms with Gasteiger partial charge in [-0.3, -0.25) is 0 Å². The molecule has 3 rings (SSSR count). The first-order valence-corrected chi connectivity index (χ1v) is 7.36. The number of hydrogen-bond donors (Lipinski definition) is 1. The Balaban J connectivity index is 2.19. The van der Waals surface area contributed by atoms with Gasteiger partial charge in [-0.05, 0) is 17.7 Å². The van der Waals surface area contributed by atoms with E-state index in [0.29, 0.717) is 10.6 Å². The van der Waals surface area contributed by atoms with Gasteiger partial charge < -0.3 is 4.74 Å². The predicted molar refractivity (Wildman–Crippen MR) is 71.6 cm³/mol. The van der Waals surface area contributed by atoms with Gasteiger partial charge in [-0.25, -0.2) is 8.42 Å². The number of rotatable bonds is 2. The molecule has 1 N–H and O–H groups in total. The van der Waals surface area contributed by atoms with Crippen LogP contribution in [0, 0.1) is 0 Å². The molecule has 0 saturated carbocycles. The van der Waals surface area contributed by atoms with Crippen LogP contribution < -0.4 is 9.46 Å². The minimum atomic E-state index is -3.43. The van der Waals surface area contributed by atoms with E-state index in [1.54, 1.807) is 19.2 Å². The Labute approximate surface area is 112 Å². The van der Waals surface area contributed by atoms with Crippen LogP contribution in [-0.2, 0) is 10.0 Å². The minimum absolute atomic E-state index is 0.339. The molecule has 1 aliphatic rings. The third-order valence-corrected chi connectivity index (χ3v) is 4.74. The SMILES string of the molecule is COc1ccccc1[C@@H]1NS(=O)(=O)c2ccccc21. The largest absolute Gasteiger partial charge is 0.496 e. The number of ether oxygens (including phenoxy) is 1. The lowest BCUT2D eigenvalue weighted by Crippen LogP contribution is -2.21. The molecule has 0 amide bonds. The second kappa shape index (κ2) is 4.36. The van der Waals surface area contributed by atoms with Gasteiger partial charge in [-0.15, -0.1) is 0 Å². The van der Waals surface area contributed by atoms with Crippen LogP contribution in [0.25, 0.3) is 0 Å². The first-order chi connectivity index (χ1) is 9.13. The van der Waals surface area contributed by atoms with Crippen molar-refractivity contribution in [3.8, 4) is 5.75 Å². The molecular formula is C14H13NO3S. The molecule has 0 unspecified atom stereocenters. The van der Waals surface area contributed by atoms with Crippen molar-refractivity contribution in [2.24, 2.45) is 0 Å². The summed E-state index contributed by atoms with van der Waals surface area (Å²) in [4.78, 5) is 0.339. The monoisotopic (exact) mass is 275 g/mol. The number of nitrogens with one attached hydrogen (secondary N) is 1. The average molecular weight is 275 g/mol. The molecule has 5 heteroatoms. The van der Waals surface area contributed by atoms with E-state index >= 15 is 0 Å². The summed E-state index contributed by atoms with van der Waals surface area (Å²) in [7, 11) is -1.86. The van der Waals surface area contributed by atoms with Gasteiger partial charge in [0.05, 0.1) is 18.0 Å². The number of methoxy groups -OCH3 is 1. The third kappa shape index (κ3) is 1.91. The van der Waals surface area contributed by atoms with Gasteiger partial charge in [0.1, 0.15) is 5.75 Å². The topological polar surface area (TPSA) is 55.4 Å². The second-order valence-electron chi connectivity index (χ2n) is 4.33. The summed E-state index contributed by atoms with van der Waals surface area (Å²) in [5.74, 6) is 0.673. The zero-order chi connectivity index (χ0) is 13.5. The lowest BCUT2D eigenvalue weighted by molar-refractivity contribution is 0.407. The van der Waals surface area contributed by atoms with Gasteiger partial charge >= 0.3 is 0 Å². The Morgan fingerprint density at radius 3 is 2.37 bits per heavy atom. The van der Waals surface area contributed by atoms with Crippen molar-refractivity contribution >= 4 is 10.0 Å². The van der Waals surface area contributed by atoms with E-state index in [1.807, 2.05) is 36.4 Å². The van der Waals surface area contributed by atoms with Crippen LogP contribution in [0.3, 0.4) is 0 Å². The summed E-state index contributed by atoms with van der Waals surface area (Å²) in [5, 5.41) is 0. The van der Waals surface area contributed by atoms with E-state index in [-0.39, 0.29) is 0 Å². The normalized spacial score (nSPS) is 19.9. The van der Waals surface area contributed by atoms with Gasteiger partial charge in [0.15, 0.2) is 0 Å². The summed E-state index contributed by atoms with van der Waals surface area (Å²) >= 11 is 0. The maximum atomic E-state index is 12.1. The molecule has 1 heterocycles. The molecule has 1 aliphatic heterocycles. The number of fused-ring (bicyclic) bond motifs is 1. The summed E-state index contributed by atoms with van der Waals surface area (Å²) in [6.07, 6.45) is 0. The molecule has 0 aliphatic carbocycles. The summed E-state index contributed by atoms with van der Waals surface area (Å²) in [6, 6.07) is 14.0. The molecule has 4 nitrogen and oxygen atoms in total. The van der Waals surface area contributed by atoms with Crippen molar-refractivity contribution in [3.05, 3.63) is 59.7 Å². The molecule has 0 radical (unpaired) electrons. The van der Waals surface area contributed by atoms with E-state index in [4.69, 9.17) is 4.74 Å². The van der Waals surface area contributed by atoms with Gasteiger partial charge in [-0.1, -0.05) is 36.4 Å². The molecule has 2 aromatic carbocycles. The lowest BCUT2D eigenvalue weighted by atomic mass is 9.99. The molecule has 19 heavy (non-hydrogen) atoms. The molecule has 0 spiro atoms. The van der Waals surface area contributed by atoms with E-state index in [0.717, 1.165) is 11.1 Å². The zero-order valence-electron chi connectivity index (χ0n) is 10.3. The summed E-state index contributed by atoms with van der Waals surface area (Å²) in [6.45, 7) is 0. The van der Waals surface area contributed by atoms with Crippen molar-refractivity contribution in [1.82, 2.24) is 4.72 Å². The van der Waals surface area contributed by atoms with Crippen LogP contribution in [0.1, 0.15) is 17.2 Å². The Hall–Kier alpha value is -1.85. The molecule has 0 bridgehead atoms. The molecule has 0 fully saturated rings. The van der Waals surface area contributed by atoms with Gasteiger partial charge in [0.25, 0.3) is 0 Å². The van der Waals surface area contributed by atoms with Crippen molar-refractivity contribution in [2.45, 2.75) is 10.9 Å². The van der Waals surface area contributed by atoms with Crippen LogP contribution in [0.4, 0.5) is 0 Å². The fraction of sp³-hybridized carbons (Fsp3) is 0.143. The molecule has 1 atom stereocenters. The highest BCUT2D eigenvalue weighted by Gasteiger charge is 2.35. The highest BCUT2D eigenvalue weighted by atomic mass is 32.2. The van der Waals surface area contributed by atoms with Crippen LogP contribution in [0.15, 0.2) is 53.4 Å². The third-order valence-electron chi connectivity index (χ3n) is 3.24. The van der Waals surface area contributed by atoms with Gasteiger partial charge in [0, 0.05) is 5.56 Å². The second-order valence-corrected chi connectivity index (χ2v) is 6.02. The summed E-state index contributed by atoms with van der Waals surface area (Å²) in [5.41, 5.74) is 1.57. The number of benzene rings is 2. The van der Waals surface area contributed by atoms with E-state index in [2.05, 4.69) is 4.72 Å². The standard InChI is InChI=1S/C14H13NO3S/c1-18-12-8-4-2-6-10(12)14-11-7-3-5-9-13(11)19(16,17)15-14/h2-9,14-15H,1H3/t14-/m0/s1. The number of para-hydroxylation sites is 1. The maximum absolute atomic E-state index is 12.1. The fourth-order valence-electron chi connectivity index (χ4n) is 2.38. The highest BCUT2D eigenvalue weighted by molar-refractivity contribution is 7.89. The number of hydrogen-bond acceptors (Lipinski definition) is 3. The first-order valence-electron chi connectivity index (χ1n) is 5.87. The Bertz CT molecular complexity index is 725. The molecule has 2 aromatic rings. The van der Waals surface area contributed by atoms with E-state index in [9.17, 15) is 8.42 Å². The predicted octanol–water partition coefficient (Wildman–Crippen LogP) is 2.08. The Morgan fingerprint density at radius 2 is 1.63 bits per heavy atom. The van der Waals surface area contributed by atoms with Crippen LogP contribution in [0.5, 0.6) is 5.75 Å². The minimum Gasteiger partial charge on any atom is -0.496 e. The van der Waals surface area contributed by atoms with Crippen molar-refractivity contribution in [2.75, 3.05) is 7.11 Å². The van der Waals surface area contributed by atoms with Crippen molar-refractivity contribution < 1.29 is 13.2 Å². The summed E-state index contributed by atoms with van der Waals surface area (Å²) < 4.78 is 32.2. The van der Waals surface area contributed by atoms with Crippen LogP contribution in [0.2, 0.25) is 0 Å². The van der Waals surface area contributed by atoms with Gasteiger partial charge in [-0.2, -0.15) is 4.72 Å². The fourth-order valence-corrected chi connectivity index (χ4v) is 3.83. The highest BCUT2D eigenvalue weighted by Crippen LogP contribution is 2.38. The van der Waals surface area contributed by atoms with Crippen molar-refractivity contribution in [3.63, 3.8) is 0 Å². The Morgan fingerprint density at radius 1 is 1.00 bits per heavy atom. The first kappa shape index (κ1) is 12.2. The molecular weight excluding hydrogens is 262 g/mol. The van der Waals surface area contributed by atoms with E-state index < -0.39 is 16.1 Å². The van der Waals surface area contributed by atoms with E-state index in [1.165, 1.54) is 0 Å².